The lowest BCUT2D eigenvalue weighted by Crippen LogP contribution is -2.56. The first kappa shape index (κ1) is 41.1. The van der Waals surface area contributed by atoms with Gasteiger partial charge in [-0.15, -0.1) is 0 Å². The van der Waals surface area contributed by atoms with E-state index in [4.69, 9.17) is 9.47 Å². The van der Waals surface area contributed by atoms with E-state index >= 15 is 0 Å². The van der Waals surface area contributed by atoms with Gasteiger partial charge in [0.05, 0.1) is 42.9 Å². The molecule has 2 aromatic carbocycles. The minimum Gasteiger partial charge on any atom is -0.450 e. The van der Waals surface area contributed by atoms with Crippen molar-refractivity contribution in [3.05, 3.63) is 72.3 Å². The number of amides is 4. The summed E-state index contributed by atoms with van der Waals surface area (Å²) in [5.74, 6) is 0.472. The first-order chi connectivity index (χ1) is 27.6. The average molecular weight is 783 g/mol. The predicted octanol–water partition coefficient (Wildman–Crippen LogP) is 6.39. The molecule has 1 aromatic heterocycles. The summed E-state index contributed by atoms with van der Waals surface area (Å²) in [6.45, 7) is 9.38. The van der Waals surface area contributed by atoms with Crippen molar-refractivity contribution >= 4 is 29.7 Å². The summed E-state index contributed by atoms with van der Waals surface area (Å²) in [7, 11) is 2.02. The molecular formula is C43H58N8O6. The van der Waals surface area contributed by atoms with Crippen LogP contribution in [0.25, 0.3) is 28.1 Å². The van der Waals surface area contributed by atoms with Crippen LogP contribution in [0.1, 0.15) is 96.5 Å². The zero-order valence-corrected chi connectivity index (χ0v) is 33.9. The Labute approximate surface area is 335 Å². The smallest absolute Gasteiger partial charge is 0.407 e. The van der Waals surface area contributed by atoms with Crippen LogP contribution in [0.2, 0.25) is 0 Å². The van der Waals surface area contributed by atoms with Crippen molar-refractivity contribution in [3.63, 3.8) is 0 Å². The van der Waals surface area contributed by atoms with Crippen LogP contribution in [0, 0.1) is 0 Å². The molecule has 3 aliphatic rings. The Morgan fingerprint density at radius 3 is 1.89 bits per heavy atom. The molecule has 3 aromatic rings. The molecular weight excluding hydrogens is 725 g/mol. The Hall–Kier alpha value is -5.53. The number of hydrogen-bond acceptors (Lipinski definition) is 9. The van der Waals surface area contributed by atoms with Crippen molar-refractivity contribution in [2.75, 3.05) is 33.4 Å². The number of nitrogens with zero attached hydrogens (tertiary/aromatic N) is 4. The summed E-state index contributed by atoms with van der Waals surface area (Å²) >= 11 is 0. The molecule has 5 atom stereocenters. The highest BCUT2D eigenvalue weighted by molar-refractivity contribution is 5.86. The highest BCUT2D eigenvalue weighted by atomic mass is 16.6. The van der Waals surface area contributed by atoms with E-state index < -0.39 is 24.3 Å². The van der Waals surface area contributed by atoms with Gasteiger partial charge in [-0.2, -0.15) is 0 Å². The number of nitrogens with one attached hydrogen (secondary N) is 4. The Balaban J connectivity index is 1.03. The molecule has 2 unspecified atom stereocenters. The van der Waals surface area contributed by atoms with Gasteiger partial charge in [-0.25, -0.2) is 14.6 Å². The quantitative estimate of drug-likeness (QED) is 0.128. The van der Waals surface area contributed by atoms with Crippen LogP contribution < -0.4 is 16.0 Å². The second-order valence-corrected chi connectivity index (χ2v) is 15.3. The summed E-state index contributed by atoms with van der Waals surface area (Å²) in [6.07, 6.45) is 9.51. The molecule has 2 saturated heterocycles. The monoisotopic (exact) mass is 782 g/mol. The first-order valence-corrected chi connectivity index (χ1v) is 20.5. The molecule has 4 N–H and O–H groups in total. The molecule has 57 heavy (non-hydrogen) atoms. The number of likely N-dealkylation sites (N-methyl/N-ethyl adjacent to an activating group) is 1. The number of carbonyl (C=O) groups is 4. The third-order valence-corrected chi connectivity index (χ3v) is 11.1. The second-order valence-electron chi connectivity index (χ2n) is 15.3. The minimum atomic E-state index is -0.701. The summed E-state index contributed by atoms with van der Waals surface area (Å²) in [5, 5.41) is 9.04. The SMILES string of the molecule is CCCCOC(=O)N[C@@H](C)C(=O)N1CCCC1c1ncc(-c2ccc(-c3ccc(C4=CN(C)C([C@@H]5CCCN5C(=O)[C@H](C)NC(=O)OCCCC)N4)cc3)cc2)[nH]1. The summed E-state index contributed by atoms with van der Waals surface area (Å²) in [6, 6.07) is 15.1. The fourth-order valence-corrected chi connectivity index (χ4v) is 7.83. The number of carbonyl (C=O) groups excluding carboxylic acids is 4. The molecule has 0 bridgehead atoms. The summed E-state index contributed by atoms with van der Waals surface area (Å²) in [5.41, 5.74) is 6.05. The molecule has 2 fully saturated rings. The lowest BCUT2D eigenvalue weighted by Gasteiger charge is -2.35. The van der Waals surface area contributed by atoms with E-state index in [1.54, 1.807) is 18.7 Å². The summed E-state index contributed by atoms with van der Waals surface area (Å²) in [4.78, 5) is 65.0. The largest absolute Gasteiger partial charge is 0.450 e. The van der Waals surface area contributed by atoms with Crippen LogP contribution in [-0.4, -0.2) is 106 Å². The van der Waals surface area contributed by atoms with Gasteiger partial charge in [0.15, 0.2) is 0 Å². The van der Waals surface area contributed by atoms with E-state index in [-0.39, 0.29) is 30.1 Å². The first-order valence-electron chi connectivity index (χ1n) is 20.5. The maximum absolute atomic E-state index is 13.4. The Morgan fingerprint density at radius 1 is 0.772 bits per heavy atom. The summed E-state index contributed by atoms with van der Waals surface area (Å²) < 4.78 is 10.4. The highest BCUT2D eigenvalue weighted by Crippen LogP contribution is 2.33. The van der Waals surface area contributed by atoms with E-state index in [1.807, 2.05) is 32.0 Å². The third kappa shape index (κ3) is 9.89. The molecule has 4 amide bonds. The lowest BCUT2D eigenvalue weighted by atomic mass is 10.0. The molecule has 14 nitrogen and oxygen atoms in total. The van der Waals surface area contributed by atoms with Gasteiger partial charge in [-0.3, -0.25) is 9.59 Å². The Morgan fingerprint density at radius 2 is 1.30 bits per heavy atom. The zero-order valence-electron chi connectivity index (χ0n) is 33.9. The molecule has 306 valence electrons. The van der Waals surface area contributed by atoms with E-state index in [9.17, 15) is 19.2 Å². The molecule has 0 spiro atoms. The van der Waals surface area contributed by atoms with Crippen LogP contribution in [0.5, 0.6) is 0 Å². The molecule has 4 heterocycles. The number of rotatable bonds is 15. The maximum atomic E-state index is 13.4. The molecule has 0 radical (unpaired) electrons. The zero-order chi connectivity index (χ0) is 40.5. The topological polar surface area (TPSA) is 161 Å². The number of hydrogen-bond donors (Lipinski definition) is 4. The van der Waals surface area contributed by atoms with Crippen molar-refractivity contribution in [2.24, 2.45) is 0 Å². The normalized spacial score (nSPS) is 20.1. The second kappa shape index (κ2) is 19.1. The van der Waals surface area contributed by atoms with Crippen molar-refractivity contribution in [2.45, 2.75) is 109 Å². The Bertz CT molecular complexity index is 1880. The van der Waals surface area contributed by atoms with Crippen LogP contribution >= 0.6 is 0 Å². The van der Waals surface area contributed by atoms with Crippen molar-refractivity contribution in [1.29, 1.82) is 0 Å². The number of imidazole rings is 1. The van der Waals surface area contributed by atoms with Crippen LogP contribution in [0.4, 0.5) is 9.59 Å². The standard InChI is InChI=1S/C43H58N8O6/c1-6-8-24-56-42(54)45-28(3)40(52)50-22-10-12-36(50)38-44-26-34(47-38)32-18-14-30(15-19-32)31-16-20-33(21-17-31)35-27-49(5)39(48-35)37-13-11-23-51(37)41(53)29(4)46-43(55)57-25-9-7-2/h14-21,26-29,36-37,39,48H,6-13,22-25H2,1-5H3,(H,44,47)(H,45,54)(H,46,55)/t28-,29-,36?,37-,39?/m0/s1. The number of aromatic nitrogens is 2. The minimum absolute atomic E-state index is 0.0432. The average Bonchev–Trinajstić information content (AvgIpc) is 4.05. The number of unbranched alkanes of at least 4 members (excludes halogenated alkanes) is 2. The number of likely N-dealkylation sites (tertiary alicyclic amines) is 2. The van der Waals surface area contributed by atoms with Gasteiger partial charge in [0.1, 0.15) is 24.1 Å². The lowest BCUT2D eigenvalue weighted by molar-refractivity contribution is -0.135. The maximum Gasteiger partial charge on any atom is 0.407 e. The van der Waals surface area contributed by atoms with Gasteiger partial charge >= 0.3 is 12.2 Å². The molecule has 14 heteroatoms. The van der Waals surface area contributed by atoms with Gasteiger partial charge < -0.3 is 45.1 Å². The van der Waals surface area contributed by atoms with Crippen LogP contribution in [-0.2, 0) is 19.1 Å². The van der Waals surface area contributed by atoms with E-state index in [2.05, 4.69) is 85.5 Å². The van der Waals surface area contributed by atoms with Crippen molar-refractivity contribution in [3.8, 4) is 22.4 Å². The number of benzene rings is 2. The van der Waals surface area contributed by atoms with Gasteiger partial charge in [-0.05, 0) is 74.6 Å². The fourth-order valence-electron chi connectivity index (χ4n) is 7.83. The predicted molar refractivity (Wildman–Crippen MR) is 218 cm³/mol. The number of H-pyrrole nitrogens is 1. The van der Waals surface area contributed by atoms with Crippen LogP contribution in [0.15, 0.2) is 60.9 Å². The molecule has 6 rings (SSSR count). The van der Waals surface area contributed by atoms with Gasteiger partial charge in [0.2, 0.25) is 11.8 Å². The number of ether oxygens (including phenoxy) is 2. The highest BCUT2D eigenvalue weighted by Gasteiger charge is 2.40. The van der Waals surface area contributed by atoms with E-state index in [0.29, 0.717) is 26.3 Å². The fraction of sp³-hybridized carbons (Fsp3) is 0.512. The van der Waals surface area contributed by atoms with Gasteiger partial charge in [0, 0.05) is 26.3 Å². The van der Waals surface area contributed by atoms with Gasteiger partial charge in [0.25, 0.3) is 0 Å². The molecule has 0 aliphatic carbocycles. The van der Waals surface area contributed by atoms with Crippen LogP contribution in [0.3, 0.4) is 0 Å². The number of aromatic amines is 1. The van der Waals surface area contributed by atoms with E-state index in [1.165, 1.54) is 0 Å². The Kier molecular flexibility index (Phi) is 13.8. The van der Waals surface area contributed by atoms with Crippen molar-refractivity contribution in [1.82, 2.24) is 40.6 Å². The van der Waals surface area contributed by atoms with Crippen molar-refractivity contribution < 1.29 is 28.7 Å². The number of alkyl carbamates (subject to hydrolysis) is 2. The third-order valence-electron chi connectivity index (χ3n) is 11.1. The molecule has 3 aliphatic heterocycles. The van der Waals surface area contributed by atoms with E-state index in [0.717, 1.165) is 90.8 Å². The van der Waals surface area contributed by atoms with Gasteiger partial charge in [-0.1, -0.05) is 75.2 Å². The molecule has 0 saturated carbocycles.